The van der Waals surface area contributed by atoms with Crippen LogP contribution in [0.4, 0.5) is 5.69 Å². The van der Waals surface area contributed by atoms with Crippen molar-refractivity contribution in [3.05, 3.63) is 94.0 Å². The number of aryl methyl sites for hydroxylation is 1. The molecule has 214 valence electrons. The molecule has 0 aromatic heterocycles. The van der Waals surface area contributed by atoms with Gasteiger partial charge < -0.3 is 10.2 Å². The highest BCUT2D eigenvalue weighted by Crippen LogP contribution is 2.29. The first-order chi connectivity index (χ1) is 19.0. The van der Waals surface area contributed by atoms with E-state index in [2.05, 4.69) is 5.32 Å². The second-order valence-electron chi connectivity index (χ2n) is 9.57. The van der Waals surface area contributed by atoms with E-state index >= 15 is 0 Å². The molecule has 0 aliphatic carbocycles. The van der Waals surface area contributed by atoms with E-state index in [0.29, 0.717) is 27.7 Å². The van der Waals surface area contributed by atoms with Crippen LogP contribution in [0.3, 0.4) is 0 Å². The third-order valence-corrected chi connectivity index (χ3v) is 9.27. The summed E-state index contributed by atoms with van der Waals surface area (Å²) in [6, 6.07) is 19.1. The highest BCUT2D eigenvalue weighted by Gasteiger charge is 2.33. The van der Waals surface area contributed by atoms with Gasteiger partial charge in [0.1, 0.15) is 12.6 Å². The first kappa shape index (κ1) is 31.5. The van der Waals surface area contributed by atoms with Gasteiger partial charge in [0.2, 0.25) is 11.8 Å². The molecule has 0 aliphatic heterocycles. The molecule has 0 bridgehead atoms. The number of rotatable bonds is 12. The van der Waals surface area contributed by atoms with Crippen molar-refractivity contribution in [2.24, 2.45) is 0 Å². The zero-order valence-corrected chi connectivity index (χ0v) is 25.4. The molecule has 0 aliphatic rings. The van der Waals surface area contributed by atoms with Crippen molar-refractivity contribution in [1.82, 2.24) is 10.2 Å². The number of hydrogen-bond donors (Lipinski definition) is 1. The first-order valence-corrected chi connectivity index (χ1v) is 15.4. The first-order valence-electron chi connectivity index (χ1n) is 13.2. The Balaban J connectivity index is 2.06. The van der Waals surface area contributed by atoms with Gasteiger partial charge in [0.05, 0.1) is 20.6 Å². The van der Waals surface area contributed by atoms with Crippen molar-refractivity contribution in [1.29, 1.82) is 0 Å². The number of anilines is 1. The number of nitrogens with one attached hydrogen (secondary N) is 1. The van der Waals surface area contributed by atoms with Crippen LogP contribution in [0.15, 0.2) is 77.7 Å². The second kappa shape index (κ2) is 14.0. The van der Waals surface area contributed by atoms with Crippen molar-refractivity contribution in [2.75, 3.05) is 10.8 Å². The quantitative estimate of drug-likeness (QED) is 0.272. The number of amides is 2. The third-order valence-electron chi connectivity index (χ3n) is 6.76. The van der Waals surface area contributed by atoms with Crippen LogP contribution in [0, 0.1) is 0 Å². The number of para-hydroxylation sites is 1. The Hall–Kier alpha value is -3.07. The molecular formula is C30H35Cl2N3O4S. The molecule has 2 amide bonds. The average molecular weight is 605 g/mol. The summed E-state index contributed by atoms with van der Waals surface area (Å²) >= 11 is 12.3. The Bertz CT molecular complexity index is 1430. The summed E-state index contributed by atoms with van der Waals surface area (Å²) in [4.78, 5) is 28.6. The molecule has 0 fully saturated rings. The predicted molar refractivity (Wildman–Crippen MR) is 161 cm³/mol. The summed E-state index contributed by atoms with van der Waals surface area (Å²) in [5, 5.41) is 3.59. The van der Waals surface area contributed by atoms with Crippen molar-refractivity contribution in [3.8, 4) is 0 Å². The van der Waals surface area contributed by atoms with Crippen LogP contribution >= 0.6 is 23.2 Å². The topological polar surface area (TPSA) is 86.8 Å². The van der Waals surface area contributed by atoms with Gasteiger partial charge in [-0.25, -0.2) is 8.42 Å². The fourth-order valence-corrected chi connectivity index (χ4v) is 5.96. The second-order valence-corrected chi connectivity index (χ2v) is 12.2. The highest BCUT2D eigenvalue weighted by molar-refractivity contribution is 7.92. The number of carbonyl (C=O) groups excluding carboxylic acids is 2. The molecule has 0 heterocycles. The van der Waals surface area contributed by atoms with Gasteiger partial charge in [-0.1, -0.05) is 79.5 Å². The average Bonchev–Trinajstić information content (AvgIpc) is 2.96. The van der Waals surface area contributed by atoms with Crippen LogP contribution in [-0.4, -0.2) is 43.8 Å². The maximum absolute atomic E-state index is 14.0. The van der Waals surface area contributed by atoms with Crippen LogP contribution in [0.2, 0.25) is 10.0 Å². The molecular weight excluding hydrogens is 569 g/mol. The minimum absolute atomic E-state index is 0.0272. The monoisotopic (exact) mass is 603 g/mol. The molecule has 0 saturated heterocycles. The lowest BCUT2D eigenvalue weighted by Crippen LogP contribution is -2.52. The Kier molecular flexibility index (Phi) is 11.0. The van der Waals surface area contributed by atoms with Crippen molar-refractivity contribution in [2.45, 2.75) is 64.1 Å². The molecule has 0 unspecified atom stereocenters. The van der Waals surface area contributed by atoms with Crippen molar-refractivity contribution >= 4 is 50.7 Å². The number of sulfonamides is 1. The van der Waals surface area contributed by atoms with E-state index in [0.717, 1.165) is 16.3 Å². The Morgan fingerprint density at radius 3 is 2.17 bits per heavy atom. The molecule has 1 N–H and O–H groups in total. The molecule has 0 radical (unpaired) electrons. The maximum Gasteiger partial charge on any atom is 0.264 e. The normalized spacial score (nSPS) is 12.8. The smallest absolute Gasteiger partial charge is 0.264 e. The Labute approximate surface area is 247 Å². The number of benzene rings is 3. The van der Waals surface area contributed by atoms with Crippen LogP contribution in [0.1, 0.15) is 45.2 Å². The lowest BCUT2D eigenvalue weighted by atomic mass is 10.1. The lowest BCUT2D eigenvalue weighted by Gasteiger charge is -2.33. The van der Waals surface area contributed by atoms with E-state index in [1.165, 1.54) is 17.0 Å². The fourth-order valence-electron chi connectivity index (χ4n) is 4.17. The number of carbonyl (C=O) groups is 2. The summed E-state index contributed by atoms with van der Waals surface area (Å²) in [5.41, 5.74) is 1.83. The zero-order chi connectivity index (χ0) is 29.4. The van der Waals surface area contributed by atoms with E-state index in [-0.39, 0.29) is 23.4 Å². The Morgan fingerprint density at radius 1 is 0.900 bits per heavy atom. The summed E-state index contributed by atoms with van der Waals surface area (Å²) in [6.07, 6.45) is 1.28. The van der Waals surface area contributed by atoms with E-state index < -0.39 is 28.5 Å². The molecule has 7 nitrogen and oxygen atoms in total. The number of hydrogen-bond acceptors (Lipinski definition) is 4. The van der Waals surface area contributed by atoms with Gasteiger partial charge in [-0.15, -0.1) is 0 Å². The Morgan fingerprint density at radius 2 is 1.55 bits per heavy atom. The van der Waals surface area contributed by atoms with Gasteiger partial charge in [0.25, 0.3) is 10.0 Å². The largest absolute Gasteiger partial charge is 0.352 e. The standard InChI is InChI=1S/C30H35Cl2N3O4S/c1-5-21(3)33-30(37)22(4)34(19-23-16-17-26(31)27(32)18-23)29(36)20-35(28-15-11-10-12-24(28)6-2)40(38,39)25-13-8-7-9-14-25/h7-18,21-22H,5-6,19-20H2,1-4H3,(H,33,37)/t21-,22+/m1/s1. The van der Waals surface area contributed by atoms with Crippen LogP contribution in [0.5, 0.6) is 0 Å². The molecule has 3 aromatic rings. The van der Waals surface area contributed by atoms with Crippen molar-refractivity contribution < 1.29 is 18.0 Å². The van der Waals surface area contributed by atoms with E-state index in [4.69, 9.17) is 23.2 Å². The summed E-state index contributed by atoms with van der Waals surface area (Å²) in [5.74, 6) is -0.877. The minimum Gasteiger partial charge on any atom is -0.352 e. The van der Waals surface area contributed by atoms with Crippen LogP contribution < -0.4 is 9.62 Å². The zero-order valence-electron chi connectivity index (χ0n) is 23.1. The third kappa shape index (κ3) is 7.56. The predicted octanol–water partition coefficient (Wildman–Crippen LogP) is 6.08. The van der Waals surface area contributed by atoms with Gasteiger partial charge in [0.15, 0.2) is 0 Å². The lowest BCUT2D eigenvalue weighted by molar-refractivity contribution is -0.139. The molecule has 2 atom stereocenters. The molecule has 3 rings (SSSR count). The van der Waals surface area contributed by atoms with Gasteiger partial charge in [-0.2, -0.15) is 0 Å². The van der Waals surface area contributed by atoms with E-state index in [1.807, 2.05) is 32.9 Å². The minimum atomic E-state index is -4.12. The molecule has 40 heavy (non-hydrogen) atoms. The summed E-state index contributed by atoms with van der Waals surface area (Å²) in [7, 11) is -4.12. The fraction of sp³-hybridized carbons (Fsp3) is 0.333. The van der Waals surface area contributed by atoms with Crippen LogP contribution in [0.25, 0.3) is 0 Å². The molecule has 3 aromatic carbocycles. The van der Waals surface area contributed by atoms with Gasteiger partial charge in [0, 0.05) is 12.6 Å². The van der Waals surface area contributed by atoms with E-state index in [1.54, 1.807) is 55.5 Å². The summed E-state index contributed by atoms with van der Waals surface area (Å²) < 4.78 is 29.0. The summed E-state index contributed by atoms with van der Waals surface area (Å²) in [6.45, 7) is 6.91. The van der Waals surface area contributed by atoms with Crippen molar-refractivity contribution in [3.63, 3.8) is 0 Å². The SMILES string of the molecule is CCc1ccccc1N(CC(=O)N(Cc1ccc(Cl)c(Cl)c1)[C@@H](C)C(=O)N[C@H](C)CC)S(=O)(=O)c1ccccc1. The van der Waals surface area contributed by atoms with Crippen LogP contribution in [-0.2, 0) is 32.6 Å². The van der Waals surface area contributed by atoms with Gasteiger partial charge in [-0.05, 0) is 68.1 Å². The molecule has 0 saturated carbocycles. The molecule has 0 spiro atoms. The van der Waals surface area contributed by atoms with E-state index in [9.17, 15) is 18.0 Å². The highest BCUT2D eigenvalue weighted by atomic mass is 35.5. The number of nitrogens with zero attached hydrogens (tertiary/aromatic N) is 2. The maximum atomic E-state index is 14.0. The number of halogens is 2. The van der Waals surface area contributed by atoms with Gasteiger partial charge in [-0.3, -0.25) is 13.9 Å². The van der Waals surface area contributed by atoms with Gasteiger partial charge >= 0.3 is 0 Å². The molecule has 10 heteroatoms.